The van der Waals surface area contributed by atoms with Crippen molar-refractivity contribution in [2.24, 2.45) is 11.7 Å². The number of nitrogens with one attached hydrogen (secondary N) is 1. The second-order valence-corrected chi connectivity index (χ2v) is 9.63. The van der Waals surface area contributed by atoms with Crippen molar-refractivity contribution in [3.63, 3.8) is 0 Å². The zero-order valence-corrected chi connectivity index (χ0v) is 14.4. The van der Waals surface area contributed by atoms with Gasteiger partial charge in [0, 0.05) is 11.3 Å². The second kappa shape index (κ2) is 6.24. The minimum Gasteiger partial charge on any atom is -0.365 e. The van der Waals surface area contributed by atoms with Crippen molar-refractivity contribution >= 4 is 38.0 Å². The minimum atomic E-state index is -2.99. The van der Waals surface area contributed by atoms with Crippen LogP contribution in [0, 0.1) is 5.92 Å². The molecule has 1 saturated heterocycles. The van der Waals surface area contributed by atoms with E-state index in [1.54, 1.807) is 0 Å². The number of aryl methyl sites for hydroxylation is 1. The average Bonchev–Trinajstić information content (AvgIpc) is 2.98. The van der Waals surface area contributed by atoms with E-state index in [2.05, 4.69) is 5.32 Å². The first kappa shape index (κ1) is 16.4. The van der Waals surface area contributed by atoms with Gasteiger partial charge in [-0.1, -0.05) is 0 Å². The highest BCUT2D eigenvalue weighted by atomic mass is 32.2. The van der Waals surface area contributed by atoms with Crippen LogP contribution in [0.15, 0.2) is 0 Å². The van der Waals surface area contributed by atoms with Crippen LogP contribution in [0.5, 0.6) is 0 Å². The van der Waals surface area contributed by atoms with Gasteiger partial charge < -0.3 is 11.1 Å². The lowest BCUT2D eigenvalue weighted by Crippen LogP contribution is -2.20. The Morgan fingerprint density at radius 3 is 2.65 bits per heavy atom. The van der Waals surface area contributed by atoms with E-state index in [0.717, 1.165) is 36.1 Å². The summed E-state index contributed by atoms with van der Waals surface area (Å²) >= 11 is 1.43. The van der Waals surface area contributed by atoms with Gasteiger partial charge in [-0.15, -0.1) is 11.3 Å². The third kappa shape index (κ3) is 3.58. The van der Waals surface area contributed by atoms with E-state index in [1.807, 2.05) is 0 Å². The lowest BCUT2D eigenvalue weighted by Gasteiger charge is -2.11. The van der Waals surface area contributed by atoms with Gasteiger partial charge in [-0.2, -0.15) is 0 Å². The molecule has 1 aliphatic carbocycles. The standard InChI is InChI=1S/C15H20N2O4S2/c16-14(19)13-10-3-1-2-4-11(10)22-15(13)17-12(18)7-9-5-6-23(20,21)8-9/h9H,1-8H2,(H2,16,19)(H,17,18). The average molecular weight is 356 g/mol. The third-order valence-electron chi connectivity index (χ3n) is 4.47. The summed E-state index contributed by atoms with van der Waals surface area (Å²) in [5.74, 6) is -0.655. The maximum atomic E-state index is 12.2. The van der Waals surface area contributed by atoms with Crippen LogP contribution in [0.1, 0.15) is 46.5 Å². The third-order valence-corrected chi connectivity index (χ3v) is 7.52. The summed E-state index contributed by atoms with van der Waals surface area (Å²) in [7, 11) is -2.99. The first-order valence-electron chi connectivity index (χ1n) is 7.80. The highest BCUT2D eigenvalue weighted by Crippen LogP contribution is 2.38. The number of primary amides is 1. The molecule has 1 fully saturated rings. The van der Waals surface area contributed by atoms with Crippen molar-refractivity contribution in [3.8, 4) is 0 Å². The molecule has 0 radical (unpaired) electrons. The molecule has 1 unspecified atom stereocenters. The number of rotatable bonds is 4. The van der Waals surface area contributed by atoms with E-state index in [9.17, 15) is 18.0 Å². The fourth-order valence-corrected chi connectivity index (χ4v) is 6.56. The van der Waals surface area contributed by atoms with Crippen molar-refractivity contribution < 1.29 is 18.0 Å². The Bertz CT molecular complexity index is 752. The van der Waals surface area contributed by atoms with Crippen LogP contribution in [0.2, 0.25) is 0 Å². The maximum Gasteiger partial charge on any atom is 0.251 e. The number of nitrogens with two attached hydrogens (primary N) is 1. The summed E-state index contributed by atoms with van der Waals surface area (Å²) in [6.45, 7) is 0. The number of hydrogen-bond acceptors (Lipinski definition) is 5. The molecule has 0 spiro atoms. The second-order valence-electron chi connectivity index (χ2n) is 6.30. The summed E-state index contributed by atoms with van der Waals surface area (Å²) in [5, 5.41) is 3.31. The molecule has 1 aromatic rings. The van der Waals surface area contributed by atoms with E-state index in [1.165, 1.54) is 11.3 Å². The summed E-state index contributed by atoms with van der Waals surface area (Å²) in [6.07, 6.45) is 4.54. The van der Waals surface area contributed by atoms with Gasteiger partial charge in [-0.3, -0.25) is 9.59 Å². The van der Waals surface area contributed by atoms with Gasteiger partial charge in [0.05, 0.1) is 17.1 Å². The van der Waals surface area contributed by atoms with Gasteiger partial charge in [0.15, 0.2) is 9.84 Å². The highest BCUT2D eigenvalue weighted by molar-refractivity contribution is 7.91. The topological polar surface area (TPSA) is 106 Å². The summed E-state index contributed by atoms with van der Waals surface area (Å²) in [6, 6.07) is 0. The van der Waals surface area contributed by atoms with Crippen LogP contribution in [0.25, 0.3) is 0 Å². The first-order valence-corrected chi connectivity index (χ1v) is 10.4. The Hall–Kier alpha value is -1.41. The van der Waals surface area contributed by atoms with E-state index in [0.29, 0.717) is 17.0 Å². The van der Waals surface area contributed by atoms with Crippen LogP contribution in [0.3, 0.4) is 0 Å². The van der Waals surface area contributed by atoms with Gasteiger partial charge in [0.25, 0.3) is 5.91 Å². The molecule has 3 N–H and O–H groups in total. The molecule has 0 bridgehead atoms. The molecular weight excluding hydrogens is 336 g/mol. The molecule has 3 rings (SSSR count). The molecule has 8 heteroatoms. The van der Waals surface area contributed by atoms with E-state index < -0.39 is 15.7 Å². The van der Waals surface area contributed by atoms with E-state index in [-0.39, 0.29) is 29.8 Å². The van der Waals surface area contributed by atoms with E-state index >= 15 is 0 Å². The van der Waals surface area contributed by atoms with Crippen LogP contribution >= 0.6 is 11.3 Å². The molecular formula is C15H20N2O4S2. The molecule has 1 atom stereocenters. The SMILES string of the molecule is NC(=O)c1c(NC(=O)CC2CCS(=O)(=O)C2)sc2c1CCCC2. The molecule has 2 heterocycles. The Morgan fingerprint density at radius 2 is 2.00 bits per heavy atom. The Labute approximate surface area is 139 Å². The van der Waals surface area contributed by atoms with Crippen molar-refractivity contribution in [3.05, 3.63) is 16.0 Å². The summed E-state index contributed by atoms with van der Waals surface area (Å²) in [5.41, 5.74) is 6.92. The molecule has 2 aliphatic rings. The Morgan fingerprint density at radius 1 is 1.26 bits per heavy atom. The van der Waals surface area contributed by atoms with Crippen LogP contribution in [-0.4, -0.2) is 31.7 Å². The summed E-state index contributed by atoms with van der Waals surface area (Å²) < 4.78 is 22.9. The summed E-state index contributed by atoms with van der Waals surface area (Å²) in [4.78, 5) is 25.1. The van der Waals surface area contributed by atoms with Crippen molar-refractivity contribution in [1.82, 2.24) is 0 Å². The van der Waals surface area contributed by atoms with Gasteiger partial charge in [0.1, 0.15) is 5.00 Å². The maximum absolute atomic E-state index is 12.2. The minimum absolute atomic E-state index is 0.0734. The van der Waals surface area contributed by atoms with Crippen LogP contribution in [0.4, 0.5) is 5.00 Å². The fourth-order valence-electron chi connectivity index (χ4n) is 3.39. The number of anilines is 1. The number of carbonyl (C=O) groups is 2. The molecule has 2 amide bonds. The molecule has 6 nitrogen and oxygen atoms in total. The van der Waals surface area contributed by atoms with E-state index in [4.69, 9.17) is 5.73 Å². The van der Waals surface area contributed by atoms with Crippen molar-refractivity contribution in [1.29, 1.82) is 0 Å². The number of hydrogen-bond donors (Lipinski definition) is 2. The normalized spacial score (nSPS) is 22.5. The molecule has 126 valence electrons. The molecule has 0 saturated carbocycles. The predicted molar refractivity (Wildman–Crippen MR) is 89.5 cm³/mol. The Balaban J connectivity index is 1.73. The molecule has 1 aromatic heterocycles. The molecule has 1 aliphatic heterocycles. The zero-order chi connectivity index (χ0) is 16.6. The van der Waals surface area contributed by atoms with Gasteiger partial charge in [-0.25, -0.2) is 8.42 Å². The number of thiophene rings is 1. The van der Waals surface area contributed by atoms with Crippen LogP contribution in [-0.2, 0) is 27.5 Å². The highest BCUT2D eigenvalue weighted by Gasteiger charge is 2.30. The monoisotopic (exact) mass is 356 g/mol. The van der Waals surface area contributed by atoms with Crippen LogP contribution < -0.4 is 11.1 Å². The van der Waals surface area contributed by atoms with Gasteiger partial charge >= 0.3 is 0 Å². The quantitative estimate of drug-likeness (QED) is 0.852. The fraction of sp³-hybridized carbons (Fsp3) is 0.600. The van der Waals surface area contributed by atoms with Gasteiger partial charge in [0.2, 0.25) is 5.91 Å². The number of fused-ring (bicyclic) bond motifs is 1. The lowest BCUT2D eigenvalue weighted by atomic mass is 9.95. The zero-order valence-electron chi connectivity index (χ0n) is 12.8. The Kier molecular flexibility index (Phi) is 4.46. The molecule has 23 heavy (non-hydrogen) atoms. The number of sulfone groups is 1. The molecule has 0 aromatic carbocycles. The largest absolute Gasteiger partial charge is 0.365 e. The number of carbonyl (C=O) groups excluding carboxylic acids is 2. The number of amides is 2. The van der Waals surface area contributed by atoms with Gasteiger partial charge in [-0.05, 0) is 43.6 Å². The van der Waals surface area contributed by atoms with Crippen molar-refractivity contribution in [2.45, 2.75) is 38.5 Å². The first-order chi connectivity index (χ1) is 10.9. The lowest BCUT2D eigenvalue weighted by molar-refractivity contribution is -0.116. The van der Waals surface area contributed by atoms with Crippen molar-refractivity contribution in [2.75, 3.05) is 16.8 Å². The predicted octanol–water partition coefficient (Wildman–Crippen LogP) is 1.49. The smallest absolute Gasteiger partial charge is 0.251 e.